The first-order chi connectivity index (χ1) is 7.91. The van der Waals surface area contributed by atoms with Gasteiger partial charge in [-0.1, -0.05) is 11.6 Å². The smallest absolute Gasteiger partial charge is 0.328 e. The molecule has 0 fully saturated rings. The molecule has 2 atom stereocenters. The Morgan fingerprint density at radius 1 is 1.29 bits per heavy atom. The minimum absolute atomic E-state index is 0.279. The molecule has 3 N–H and O–H groups in total. The maximum atomic E-state index is 11.6. The lowest BCUT2D eigenvalue weighted by molar-refractivity contribution is -0.141. The van der Waals surface area contributed by atoms with Crippen LogP contribution in [0.5, 0.6) is 0 Å². The number of benzene rings is 1. The fraction of sp³-hybridized carbons (Fsp3) is 0.273. The van der Waals surface area contributed by atoms with Gasteiger partial charge in [-0.25, -0.2) is 4.79 Å². The number of amides is 1. The molecule has 0 spiro atoms. The number of carboxylic acid groups (broad SMARTS) is 1. The number of carboxylic acids is 1. The summed E-state index contributed by atoms with van der Waals surface area (Å²) in [7, 11) is 0. The summed E-state index contributed by atoms with van der Waals surface area (Å²) in [6, 6.07) is 4.65. The van der Waals surface area contributed by atoms with Crippen molar-refractivity contribution < 1.29 is 19.8 Å². The van der Waals surface area contributed by atoms with Crippen LogP contribution in [-0.4, -0.2) is 34.2 Å². The number of aliphatic hydroxyl groups is 1. The molecule has 0 saturated heterocycles. The second-order valence-electron chi connectivity index (χ2n) is 3.54. The standard InChI is InChI=1S/C11H12ClNO4/c1-6(14)9(11(16)17)13-10(15)7-2-4-8(12)5-3-7/h2-6,9,14H,1H3,(H,13,15)(H,16,17)/t6-,9+/m1/s1. The lowest BCUT2D eigenvalue weighted by atomic mass is 10.1. The molecule has 1 aromatic rings. The van der Waals surface area contributed by atoms with Gasteiger partial charge in [0.2, 0.25) is 0 Å². The summed E-state index contributed by atoms with van der Waals surface area (Å²) >= 11 is 5.66. The predicted molar refractivity (Wildman–Crippen MR) is 62.0 cm³/mol. The van der Waals surface area contributed by atoms with Crippen molar-refractivity contribution in [2.24, 2.45) is 0 Å². The summed E-state index contributed by atoms with van der Waals surface area (Å²) in [5.74, 6) is -1.86. The molecule has 0 heterocycles. The Balaban J connectivity index is 2.77. The molecule has 0 unspecified atom stereocenters. The van der Waals surface area contributed by atoms with Crippen molar-refractivity contribution in [1.82, 2.24) is 5.32 Å². The third-order valence-electron chi connectivity index (χ3n) is 2.14. The molecule has 0 radical (unpaired) electrons. The molecule has 1 aromatic carbocycles. The second kappa shape index (κ2) is 5.65. The van der Waals surface area contributed by atoms with Crippen LogP contribution in [0.25, 0.3) is 0 Å². The van der Waals surface area contributed by atoms with Gasteiger partial charge in [0.15, 0.2) is 6.04 Å². The third kappa shape index (κ3) is 3.72. The van der Waals surface area contributed by atoms with Gasteiger partial charge in [0.1, 0.15) is 0 Å². The maximum Gasteiger partial charge on any atom is 0.328 e. The zero-order valence-electron chi connectivity index (χ0n) is 9.05. The number of aliphatic hydroxyl groups excluding tert-OH is 1. The largest absolute Gasteiger partial charge is 0.480 e. The van der Waals surface area contributed by atoms with Crippen molar-refractivity contribution in [3.05, 3.63) is 34.9 Å². The lowest BCUT2D eigenvalue weighted by Crippen LogP contribution is -2.47. The number of rotatable bonds is 4. The third-order valence-corrected chi connectivity index (χ3v) is 2.39. The topological polar surface area (TPSA) is 86.6 Å². The van der Waals surface area contributed by atoms with E-state index in [9.17, 15) is 14.7 Å². The zero-order chi connectivity index (χ0) is 13.0. The van der Waals surface area contributed by atoms with Gasteiger partial charge in [0.25, 0.3) is 5.91 Å². The van der Waals surface area contributed by atoms with E-state index in [1.807, 2.05) is 0 Å². The summed E-state index contributed by atoms with van der Waals surface area (Å²) < 4.78 is 0. The average molecular weight is 258 g/mol. The number of hydrogen-bond acceptors (Lipinski definition) is 3. The van der Waals surface area contributed by atoms with Gasteiger partial charge < -0.3 is 15.5 Å². The second-order valence-corrected chi connectivity index (χ2v) is 3.97. The molecular weight excluding hydrogens is 246 g/mol. The number of carbonyl (C=O) groups is 2. The van der Waals surface area contributed by atoms with Crippen LogP contribution in [0, 0.1) is 0 Å². The van der Waals surface area contributed by atoms with Gasteiger partial charge in [-0.2, -0.15) is 0 Å². The minimum Gasteiger partial charge on any atom is -0.480 e. The Kier molecular flexibility index (Phi) is 4.48. The van der Waals surface area contributed by atoms with E-state index in [-0.39, 0.29) is 5.56 Å². The van der Waals surface area contributed by atoms with Crippen LogP contribution in [0.3, 0.4) is 0 Å². The summed E-state index contributed by atoms with van der Waals surface area (Å²) in [5.41, 5.74) is 0.279. The molecule has 5 nitrogen and oxygen atoms in total. The van der Waals surface area contributed by atoms with Crippen LogP contribution in [0.2, 0.25) is 5.02 Å². The van der Waals surface area contributed by atoms with E-state index in [4.69, 9.17) is 16.7 Å². The van der Waals surface area contributed by atoms with Crippen LogP contribution in [-0.2, 0) is 4.79 Å². The van der Waals surface area contributed by atoms with Crippen LogP contribution in [0.4, 0.5) is 0 Å². The van der Waals surface area contributed by atoms with E-state index in [0.29, 0.717) is 5.02 Å². The Bertz CT molecular complexity index is 416. The quantitative estimate of drug-likeness (QED) is 0.748. The summed E-state index contributed by atoms with van der Waals surface area (Å²) in [6.45, 7) is 1.29. The molecule has 92 valence electrons. The van der Waals surface area contributed by atoms with Gasteiger partial charge >= 0.3 is 5.97 Å². The number of hydrogen-bond donors (Lipinski definition) is 3. The first-order valence-electron chi connectivity index (χ1n) is 4.89. The highest BCUT2D eigenvalue weighted by Gasteiger charge is 2.25. The Hall–Kier alpha value is -1.59. The monoisotopic (exact) mass is 257 g/mol. The number of halogens is 1. The molecule has 0 aromatic heterocycles. The van der Waals surface area contributed by atoms with E-state index in [1.165, 1.54) is 31.2 Å². The summed E-state index contributed by atoms with van der Waals surface area (Å²) in [4.78, 5) is 22.4. The lowest BCUT2D eigenvalue weighted by Gasteiger charge is -2.16. The highest BCUT2D eigenvalue weighted by Crippen LogP contribution is 2.09. The molecule has 0 aliphatic rings. The van der Waals surface area contributed by atoms with Crippen molar-refractivity contribution >= 4 is 23.5 Å². The highest BCUT2D eigenvalue weighted by atomic mass is 35.5. The van der Waals surface area contributed by atoms with Gasteiger partial charge in [-0.15, -0.1) is 0 Å². The molecule has 6 heteroatoms. The Morgan fingerprint density at radius 3 is 2.24 bits per heavy atom. The first-order valence-corrected chi connectivity index (χ1v) is 5.27. The van der Waals surface area contributed by atoms with Crippen molar-refractivity contribution in [2.45, 2.75) is 19.1 Å². The van der Waals surface area contributed by atoms with E-state index in [2.05, 4.69) is 5.32 Å². The molecule has 0 aliphatic carbocycles. The SMILES string of the molecule is C[C@@H](O)[C@H](NC(=O)c1ccc(Cl)cc1)C(=O)O. The van der Waals surface area contributed by atoms with Crippen molar-refractivity contribution in [3.8, 4) is 0 Å². The molecule has 1 rings (SSSR count). The fourth-order valence-electron chi connectivity index (χ4n) is 1.21. The van der Waals surface area contributed by atoms with Crippen molar-refractivity contribution in [3.63, 3.8) is 0 Å². The van der Waals surface area contributed by atoms with E-state index < -0.39 is 24.0 Å². The maximum absolute atomic E-state index is 11.6. The zero-order valence-corrected chi connectivity index (χ0v) is 9.81. The number of aliphatic carboxylic acids is 1. The van der Waals surface area contributed by atoms with Gasteiger partial charge in [0.05, 0.1) is 6.10 Å². The van der Waals surface area contributed by atoms with Crippen molar-refractivity contribution in [2.75, 3.05) is 0 Å². The summed E-state index contributed by atoms with van der Waals surface area (Å²) in [5, 5.41) is 20.7. The fourth-order valence-corrected chi connectivity index (χ4v) is 1.34. The normalized spacial score (nSPS) is 13.8. The van der Waals surface area contributed by atoms with Crippen LogP contribution < -0.4 is 5.32 Å². The van der Waals surface area contributed by atoms with Crippen molar-refractivity contribution in [1.29, 1.82) is 0 Å². The van der Waals surface area contributed by atoms with E-state index >= 15 is 0 Å². The van der Waals surface area contributed by atoms with Crippen LogP contribution in [0.1, 0.15) is 17.3 Å². The van der Waals surface area contributed by atoms with Gasteiger partial charge in [-0.05, 0) is 31.2 Å². The highest BCUT2D eigenvalue weighted by molar-refractivity contribution is 6.30. The average Bonchev–Trinajstić information content (AvgIpc) is 2.25. The van der Waals surface area contributed by atoms with Gasteiger partial charge in [-0.3, -0.25) is 4.79 Å². The van der Waals surface area contributed by atoms with Crippen LogP contribution >= 0.6 is 11.6 Å². The molecule has 0 bridgehead atoms. The molecule has 17 heavy (non-hydrogen) atoms. The van der Waals surface area contributed by atoms with Crippen LogP contribution in [0.15, 0.2) is 24.3 Å². The first kappa shape index (κ1) is 13.5. The number of carbonyl (C=O) groups excluding carboxylic acids is 1. The molecular formula is C11H12ClNO4. The Labute approximate surface area is 103 Å². The molecule has 0 aliphatic heterocycles. The van der Waals surface area contributed by atoms with Gasteiger partial charge in [0, 0.05) is 10.6 Å². The predicted octanol–water partition coefficient (Wildman–Crippen LogP) is 0.904. The van der Waals surface area contributed by atoms with E-state index in [0.717, 1.165) is 0 Å². The minimum atomic E-state index is -1.34. The Morgan fingerprint density at radius 2 is 1.82 bits per heavy atom. The molecule has 0 saturated carbocycles. The number of nitrogens with one attached hydrogen (secondary N) is 1. The molecule has 1 amide bonds. The summed E-state index contributed by atoms with van der Waals surface area (Å²) in [6.07, 6.45) is -1.18. The van der Waals surface area contributed by atoms with E-state index in [1.54, 1.807) is 0 Å².